The Labute approximate surface area is 125 Å². The van der Waals surface area contributed by atoms with Crippen molar-refractivity contribution in [3.8, 4) is 5.75 Å². The van der Waals surface area contributed by atoms with Gasteiger partial charge in [0.05, 0.1) is 24.7 Å². The molecule has 6 heteroatoms. The molecule has 21 heavy (non-hydrogen) atoms. The molecule has 1 aliphatic heterocycles. The van der Waals surface area contributed by atoms with Gasteiger partial charge in [-0.05, 0) is 39.2 Å². The highest BCUT2D eigenvalue weighted by Gasteiger charge is 2.51. The maximum atomic E-state index is 11.1. The van der Waals surface area contributed by atoms with Crippen molar-refractivity contribution in [3.05, 3.63) is 23.8 Å². The minimum atomic E-state index is -0.452. The molecular formula is C15H22BNO4. The molecule has 0 bridgehead atoms. The van der Waals surface area contributed by atoms with Crippen LogP contribution in [0.4, 0.5) is 0 Å². The van der Waals surface area contributed by atoms with Gasteiger partial charge in [0, 0.05) is 5.56 Å². The summed E-state index contributed by atoms with van der Waals surface area (Å²) in [4.78, 5) is 11.1. The zero-order chi connectivity index (χ0) is 15.8. The van der Waals surface area contributed by atoms with Crippen molar-refractivity contribution >= 4 is 18.5 Å². The van der Waals surface area contributed by atoms with Crippen LogP contribution in [0.5, 0.6) is 5.75 Å². The maximum absolute atomic E-state index is 11.1. The molecule has 1 heterocycles. The van der Waals surface area contributed by atoms with E-state index in [1.54, 1.807) is 7.11 Å². The van der Waals surface area contributed by atoms with Crippen molar-refractivity contribution in [2.24, 2.45) is 5.73 Å². The lowest BCUT2D eigenvalue weighted by Gasteiger charge is -2.32. The van der Waals surface area contributed by atoms with Crippen molar-refractivity contribution in [1.82, 2.24) is 0 Å². The largest absolute Gasteiger partial charge is 0.496 e. The minimum absolute atomic E-state index is 0.146. The Balaban J connectivity index is 2.28. The van der Waals surface area contributed by atoms with E-state index in [4.69, 9.17) is 19.8 Å². The molecule has 0 radical (unpaired) electrons. The van der Waals surface area contributed by atoms with Crippen LogP contribution in [-0.2, 0) is 20.5 Å². The molecule has 1 saturated heterocycles. The zero-order valence-corrected chi connectivity index (χ0v) is 13.2. The van der Waals surface area contributed by atoms with Gasteiger partial charge >= 0.3 is 7.12 Å². The number of amides is 1. The lowest BCUT2D eigenvalue weighted by atomic mass is 9.78. The number of carbonyl (C=O) groups excluding carboxylic acids is 1. The average Bonchev–Trinajstić information content (AvgIpc) is 2.58. The van der Waals surface area contributed by atoms with Crippen LogP contribution in [0.3, 0.4) is 0 Å². The molecule has 1 aromatic carbocycles. The maximum Gasteiger partial charge on any atom is 0.494 e. The summed E-state index contributed by atoms with van der Waals surface area (Å²) >= 11 is 0. The predicted molar refractivity (Wildman–Crippen MR) is 81.6 cm³/mol. The van der Waals surface area contributed by atoms with Gasteiger partial charge in [0.2, 0.25) is 5.91 Å². The second kappa shape index (κ2) is 5.35. The summed E-state index contributed by atoms with van der Waals surface area (Å²) in [6.07, 6.45) is 0.146. The molecule has 0 aromatic heterocycles. The number of carbonyl (C=O) groups is 1. The Kier molecular flexibility index (Phi) is 4.04. The van der Waals surface area contributed by atoms with E-state index in [1.165, 1.54) is 0 Å². The van der Waals surface area contributed by atoms with Crippen LogP contribution in [0.1, 0.15) is 33.3 Å². The second-order valence-corrected chi connectivity index (χ2v) is 6.30. The summed E-state index contributed by atoms with van der Waals surface area (Å²) in [6, 6.07) is 5.54. The fraction of sp³-hybridized carbons (Fsp3) is 0.533. The van der Waals surface area contributed by atoms with E-state index >= 15 is 0 Å². The summed E-state index contributed by atoms with van der Waals surface area (Å²) in [5.41, 5.74) is 6.07. The molecule has 0 unspecified atom stereocenters. The van der Waals surface area contributed by atoms with Gasteiger partial charge in [-0.1, -0.05) is 12.1 Å². The van der Waals surface area contributed by atoms with Crippen LogP contribution < -0.4 is 15.9 Å². The molecule has 0 aliphatic carbocycles. The van der Waals surface area contributed by atoms with Gasteiger partial charge in [0.1, 0.15) is 5.75 Å². The molecule has 1 amide bonds. The Bertz CT molecular complexity index is 541. The van der Waals surface area contributed by atoms with E-state index in [9.17, 15) is 4.79 Å². The van der Waals surface area contributed by atoms with E-state index in [1.807, 2.05) is 45.9 Å². The monoisotopic (exact) mass is 291 g/mol. The number of rotatable bonds is 4. The molecule has 114 valence electrons. The summed E-state index contributed by atoms with van der Waals surface area (Å²) in [5, 5.41) is 0. The Morgan fingerprint density at radius 1 is 1.24 bits per heavy atom. The number of benzene rings is 1. The van der Waals surface area contributed by atoms with Crippen LogP contribution >= 0.6 is 0 Å². The first-order valence-corrected chi connectivity index (χ1v) is 6.97. The van der Waals surface area contributed by atoms with Gasteiger partial charge in [-0.3, -0.25) is 4.79 Å². The number of hydrogen-bond acceptors (Lipinski definition) is 4. The lowest BCUT2D eigenvalue weighted by molar-refractivity contribution is -0.117. The Morgan fingerprint density at radius 3 is 2.29 bits per heavy atom. The summed E-state index contributed by atoms with van der Waals surface area (Å²) < 4.78 is 17.3. The minimum Gasteiger partial charge on any atom is -0.496 e. The number of nitrogens with two attached hydrogens (primary N) is 1. The van der Waals surface area contributed by atoms with E-state index in [0.717, 1.165) is 11.0 Å². The van der Waals surface area contributed by atoms with Crippen LogP contribution in [0.25, 0.3) is 0 Å². The van der Waals surface area contributed by atoms with Crippen molar-refractivity contribution < 1.29 is 18.8 Å². The SMILES string of the molecule is COc1cc(B2OC(C)(C)C(C)(C)O2)ccc1CC(N)=O. The first kappa shape index (κ1) is 15.9. The van der Waals surface area contributed by atoms with Gasteiger partial charge in [-0.2, -0.15) is 0 Å². The lowest BCUT2D eigenvalue weighted by Crippen LogP contribution is -2.41. The average molecular weight is 291 g/mol. The highest BCUT2D eigenvalue weighted by Crippen LogP contribution is 2.36. The van der Waals surface area contributed by atoms with Gasteiger partial charge in [0.25, 0.3) is 0 Å². The Morgan fingerprint density at radius 2 is 1.81 bits per heavy atom. The summed E-state index contributed by atoms with van der Waals surface area (Å²) in [5.74, 6) is 0.220. The van der Waals surface area contributed by atoms with Gasteiger partial charge in [-0.25, -0.2) is 0 Å². The normalized spacial score (nSPS) is 19.6. The molecule has 1 aliphatic rings. The van der Waals surface area contributed by atoms with E-state index in [0.29, 0.717) is 5.75 Å². The molecular weight excluding hydrogens is 269 g/mol. The molecule has 1 aromatic rings. The van der Waals surface area contributed by atoms with E-state index in [-0.39, 0.29) is 6.42 Å². The smallest absolute Gasteiger partial charge is 0.494 e. The highest BCUT2D eigenvalue weighted by molar-refractivity contribution is 6.62. The topological polar surface area (TPSA) is 70.8 Å². The number of methoxy groups -OCH3 is 1. The third-order valence-electron chi connectivity index (χ3n) is 4.20. The van der Waals surface area contributed by atoms with Gasteiger partial charge in [0.15, 0.2) is 0 Å². The number of primary amides is 1. The molecule has 5 nitrogen and oxygen atoms in total. The van der Waals surface area contributed by atoms with Crippen molar-refractivity contribution in [1.29, 1.82) is 0 Å². The summed E-state index contributed by atoms with van der Waals surface area (Å²) in [6.45, 7) is 8.02. The Hall–Kier alpha value is -1.53. The van der Waals surface area contributed by atoms with Crippen molar-refractivity contribution in [2.75, 3.05) is 7.11 Å². The van der Waals surface area contributed by atoms with E-state index in [2.05, 4.69) is 0 Å². The number of hydrogen-bond donors (Lipinski definition) is 1. The molecule has 0 spiro atoms. The first-order chi connectivity index (χ1) is 9.66. The van der Waals surface area contributed by atoms with Crippen LogP contribution in [0.2, 0.25) is 0 Å². The number of ether oxygens (including phenoxy) is 1. The highest BCUT2D eigenvalue weighted by atomic mass is 16.7. The zero-order valence-electron chi connectivity index (χ0n) is 13.2. The van der Waals surface area contributed by atoms with Crippen molar-refractivity contribution in [3.63, 3.8) is 0 Å². The standard InChI is InChI=1S/C15H22BNO4/c1-14(2)15(3,4)21-16(20-14)11-7-6-10(8-13(17)18)12(9-11)19-5/h6-7,9H,8H2,1-5H3,(H2,17,18). The third-order valence-corrected chi connectivity index (χ3v) is 4.20. The van der Waals surface area contributed by atoms with Crippen LogP contribution in [0.15, 0.2) is 18.2 Å². The molecule has 2 rings (SSSR count). The second-order valence-electron chi connectivity index (χ2n) is 6.30. The fourth-order valence-electron chi connectivity index (χ4n) is 2.22. The fourth-order valence-corrected chi connectivity index (χ4v) is 2.22. The third kappa shape index (κ3) is 3.06. The van der Waals surface area contributed by atoms with E-state index < -0.39 is 24.2 Å². The van der Waals surface area contributed by atoms with Crippen molar-refractivity contribution in [2.45, 2.75) is 45.3 Å². The molecule has 2 N–H and O–H groups in total. The quantitative estimate of drug-likeness (QED) is 0.841. The van der Waals surface area contributed by atoms with Crippen LogP contribution in [0, 0.1) is 0 Å². The van der Waals surface area contributed by atoms with Gasteiger partial charge < -0.3 is 19.8 Å². The summed E-state index contributed by atoms with van der Waals surface area (Å²) in [7, 11) is 1.11. The van der Waals surface area contributed by atoms with Gasteiger partial charge in [-0.15, -0.1) is 0 Å². The first-order valence-electron chi connectivity index (χ1n) is 6.97. The molecule has 0 saturated carbocycles. The predicted octanol–water partition coefficient (Wildman–Crippen LogP) is 1.02. The molecule has 1 fully saturated rings. The molecule has 0 atom stereocenters. The van der Waals surface area contributed by atoms with Crippen LogP contribution in [-0.4, -0.2) is 31.3 Å².